The summed E-state index contributed by atoms with van der Waals surface area (Å²) in [6.45, 7) is 4.79. The monoisotopic (exact) mass is 443 g/mol. The number of piperazine rings is 1. The van der Waals surface area contributed by atoms with Gasteiger partial charge in [0.15, 0.2) is 0 Å². The fourth-order valence-corrected chi connectivity index (χ4v) is 6.31. The molecule has 0 bridgehead atoms. The van der Waals surface area contributed by atoms with Crippen LogP contribution in [0.1, 0.15) is 18.4 Å². The highest BCUT2D eigenvalue weighted by atomic mass is 32.2. The maximum atomic E-state index is 13.4. The smallest absolute Gasteiger partial charge is 0.244 e. The molecule has 0 aromatic heterocycles. The third kappa shape index (κ3) is 4.27. The highest BCUT2D eigenvalue weighted by Crippen LogP contribution is 2.31. The summed E-state index contributed by atoms with van der Waals surface area (Å²) in [5.74, 6) is 0.401. The van der Waals surface area contributed by atoms with Crippen LogP contribution in [0.25, 0.3) is 0 Å². The van der Waals surface area contributed by atoms with Crippen molar-refractivity contribution in [1.82, 2.24) is 9.21 Å². The number of anilines is 1. The second-order valence-electron chi connectivity index (χ2n) is 8.05. The van der Waals surface area contributed by atoms with E-state index in [2.05, 4.69) is 17.0 Å². The van der Waals surface area contributed by atoms with Crippen LogP contribution in [0.3, 0.4) is 0 Å². The molecular weight excluding hydrogens is 414 g/mol. The van der Waals surface area contributed by atoms with E-state index in [1.54, 1.807) is 25.1 Å². The number of nitrogens with zero attached hydrogens (tertiary/aromatic N) is 3. The van der Waals surface area contributed by atoms with Crippen molar-refractivity contribution in [2.45, 2.75) is 30.7 Å². The molecule has 2 aromatic carbocycles. The van der Waals surface area contributed by atoms with E-state index in [1.165, 1.54) is 11.4 Å². The van der Waals surface area contributed by atoms with E-state index in [1.807, 2.05) is 23.1 Å². The second kappa shape index (κ2) is 8.88. The normalized spacial score (nSPS) is 20.1. The van der Waals surface area contributed by atoms with Crippen molar-refractivity contribution < 1.29 is 17.9 Å². The molecule has 1 amide bonds. The Balaban J connectivity index is 1.49. The van der Waals surface area contributed by atoms with Crippen LogP contribution in [0.4, 0.5) is 5.69 Å². The second-order valence-corrected chi connectivity index (χ2v) is 9.91. The lowest BCUT2D eigenvalue weighted by molar-refractivity contribution is -0.134. The fraction of sp³-hybridized carbons (Fsp3) is 0.435. The number of benzene rings is 2. The number of rotatable bonds is 5. The lowest BCUT2D eigenvalue weighted by Crippen LogP contribution is -2.54. The van der Waals surface area contributed by atoms with Gasteiger partial charge in [0, 0.05) is 44.5 Å². The third-order valence-corrected chi connectivity index (χ3v) is 8.23. The van der Waals surface area contributed by atoms with Gasteiger partial charge in [0.2, 0.25) is 15.9 Å². The molecule has 0 spiro atoms. The Bertz CT molecular complexity index is 1030. The van der Waals surface area contributed by atoms with Crippen LogP contribution in [0.2, 0.25) is 0 Å². The number of para-hydroxylation sites is 1. The van der Waals surface area contributed by atoms with Crippen molar-refractivity contribution in [3.05, 3.63) is 54.1 Å². The zero-order valence-electron chi connectivity index (χ0n) is 18.0. The number of hydrogen-bond donors (Lipinski definition) is 0. The summed E-state index contributed by atoms with van der Waals surface area (Å²) in [6, 6.07) is 14.5. The molecule has 2 fully saturated rings. The SMILES string of the molecule is COc1ccc(C)c(S(=O)(=O)N2CCC[C@H]2C(=O)N2CCN(c3ccccc3)CC2)c1. The maximum Gasteiger partial charge on any atom is 0.244 e. The first-order chi connectivity index (χ1) is 14.9. The van der Waals surface area contributed by atoms with E-state index in [0.717, 1.165) is 18.8 Å². The van der Waals surface area contributed by atoms with E-state index in [0.29, 0.717) is 43.8 Å². The highest BCUT2D eigenvalue weighted by Gasteiger charge is 2.42. The number of hydrogen-bond acceptors (Lipinski definition) is 5. The summed E-state index contributed by atoms with van der Waals surface area (Å²) < 4.78 is 33.5. The average Bonchev–Trinajstić information content (AvgIpc) is 3.30. The van der Waals surface area contributed by atoms with Crippen molar-refractivity contribution in [1.29, 1.82) is 0 Å². The van der Waals surface area contributed by atoms with Crippen LogP contribution in [0, 0.1) is 6.92 Å². The van der Waals surface area contributed by atoms with Crippen LogP contribution >= 0.6 is 0 Å². The number of aryl methyl sites for hydroxylation is 1. The molecule has 31 heavy (non-hydrogen) atoms. The maximum absolute atomic E-state index is 13.4. The van der Waals surface area contributed by atoms with Crippen molar-refractivity contribution in [2.24, 2.45) is 0 Å². The quantitative estimate of drug-likeness (QED) is 0.710. The first-order valence-corrected chi connectivity index (χ1v) is 12.1. The van der Waals surface area contributed by atoms with E-state index in [9.17, 15) is 13.2 Å². The summed E-state index contributed by atoms with van der Waals surface area (Å²) in [5.41, 5.74) is 1.79. The van der Waals surface area contributed by atoms with Crippen LogP contribution in [-0.4, -0.2) is 69.4 Å². The lowest BCUT2D eigenvalue weighted by atomic mass is 10.1. The molecule has 2 aromatic rings. The van der Waals surface area contributed by atoms with E-state index >= 15 is 0 Å². The van der Waals surface area contributed by atoms with Crippen LogP contribution in [0.5, 0.6) is 5.75 Å². The first kappa shape index (κ1) is 21.6. The molecule has 2 saturated heterocycles. The summed E-state index contributed by atoms with van der Waals surface area (Å²) in [6.07, 6.45) is 1.24. The number of ether oxygens (including phenoxy) is 1. The van der Waals surface area contributed by atoms with Gasteiger partial charge in [-0.2, -0.15) is 4.31 Å². The molecule has 0 unspecified atom stereocenters. The Morgan fingerprint density at radius 2 is 1.71 bits per heavy atom. The molecule has 0 radical (unpaired) electrons. The summed E-state index contributed by atoms with van der Waals surface area (Å²) in [4.78, 5) is 17.6. The molecule has 166 valence electrons. The number of sulfonamides is 1. The van der Waals surface area contributed by atoms with Gasteiger partial charge in [0.25, 0.3) is 0 Å². The molecule has 0 saturated carbocycles. The van der Waals surface area contributed by atoms with Gasteiger partial charge in [-0.3, -0.25) is 4.79 Å². The molecular formula is C23H29N3O4S. The van der Waals surface area contributed by atoms with Gasteiger partial charge in [0.05, 0.1) is 12.0 Å². The Labute approximate surface area is 184 Å². The third-order valence-electron chi connectivity index (χ3n) is 6.18. The molecule has 2 heterocycles. The number of carbonyl (C=O) groups excluding carboxylic acids is 1. The van der Waals surface area contributed by atoms with Crippen molar-refractivity contribution in [2.75, 3.05) is 44.7 Å². The molecule has 4 rings (SSSR count). The lowest BCUT2D eigenvalue weighted by Gasteiger charge is -2.38. The van der Waals surface area contributed by atoms with Crippen LogP contribution in [-0.2, 0) is 14.8 Å². The first-order valence-electron chi connectivity index (χ1n) is 10.7. The van der Waals surface area contributed by atoms with E-state index in [4.69, 9.17) is 4.74 Å². The van der Waals surface area contributed by atoms with Gasteiger partial charge in [-0.1, -0.05) is 24.3 Å². The van der Waals surface area contributed by atoms with Gasteiger partial charge in [-0.15, -0.1) is 0 Å². The van der Waals surface area contributed by atoms with Crippen LogP contribution < -0.4 is 9.64 Å². The molecule has 7 nitrogen and oxygen atoms in total. The molecule has 1 atom stereocenters. The van der Waals surface area contributed by atoms with Gasteiger partial charge in [-0.05, 0) is 43.5 Å². The Morgan fingerprint density at radius 1 is 1.00 bits per heavy atom. The van der Waals surface area contributed by atoms with Crippen molar-refractivity contribution in [3.63, 3.8) is 0 Å². The molecule has 8 heteroatoms. The Kier molecular flexibility index (Phi) is 6.20. The Hall–Kier alpha value is -2.58. The largest absolute Gasteiger partial charge is 0.497 e. The number of carbonyl (C=O) groups is 1. The summed E-state index contributed by atoms with van der Waals surface area (Å²) in [7, 11) is -2.28. The number of amides is 1. The zero-order chi connectivity index (χ0) is 22.0. The van der Waals surface area contributed by atoms with Crippen molar-refractivity contribution in [3.8, 4) is 5.75 Å². The fourth-order valence-electron chi connectivity index (χ4n) is 4.42. The minimum Gasteiger partial charge on any atom is -0.497 e. The van der Waals surface area contributed by atoms with Gasteiger partial charge >= 0.3 is 0 Å². The Morgan fingerprint density at radius 3 is 2.39 bits per heavy atom. The standard InChI is InChI=1S/C23H29N3O4S/c1-18-10-11-20(30-2)17-22(18)31(28,29)26-12-6-9-21(26)23(27)25-15-13-24(14-16-25)19-7-4-3-5-8-19/h3-5,7-8,10-11,17,21H,6,9,12-16H2,1-2H3/t21-/m0/s1. The topological polar surface area (TPSA) is 70.2 Å². The summed E-state index contributed by atoms with van der Waals surface area (Å²) in [5, 5.41) is 0. The van der Waals surface area contributed by atoms with E-state index in [-0.39, 0.29) is 10.8 Å². The van der Waals surface area contributed by atoms with Crippen LogP contribution in [0.15, 0.2) is 53.4 Å². The van der Waals surface area contributed by atoms with E-state index < -0.39 is 16.1 Å². The predicted molar refractivity (Wildman–Crippen MR) is 120 cm³/mol. The van der Waals surface area contributed by atoms with Gasteiger partial charge in [-0.25, -0.2) is 8.42 Å². The molecule has 2 aliphatic heterocycles. The highest BCUT2D eigenvalue weighted by molar-refractivity contribution is 7.89. The predicted octanol–water partition coefficient (Wildman–Crippen LogP) is 2.51. The van der Waals surface area contributed by atoms with Crippen molar-refractivity contribution >= 4 is 21.6 Å². The average molecular weight is 444 g/mol. The minimum atomic E-state index is -3.79. The number of methoxy groups -OCH3 is 1. The van der Waals surface area contributed by atoms with Gasteiger partial charge in [0.1, 0.15) is 11.8 Å². The minimum absolute atomic E-state index is 0.0886. The zero-order valence-corrected chi connectivity index (χ0v) is 18.8. The molecule has 0 aliphatic carbocycles. The molecule has 0 N–H and O–H groups in total. The molecule has 2 aliphatic rings. The van der Waals surface area contributed by atoms with Gasteiger partial charge < -0.3 is 14.5 Å². The summed E-state index contributed by atoms with van der Waals surface area (Å²) >= 11 is 0.